The number of aryl methyl sites for hydroxylation is 1. The molecule has 1 N–H and O–H groups in total. The smallest absolute Gasteiger partial charge is 0.345 e. The zero-order chi connectivity index (χ0) is 13.1. The minimum Gasteiger partial charge on any atom is -0.494 e. The van der Waals surface area contributed by atoms with Gasteiger partial charge in [0.1, 0.15) is 10.6 Å². The third-order valence-electron chi connectivity index (χ3n) is 2.56. The Morgan fingerprint density at radius 3 is 2.50 bits per heavy atom. The highest BCUT2D eigenvalue weighted by Gasteiger charge is 2.12. The minimum absolute atomic E-state index is 0.372. The highest BCUT2D eigenvalue weighted by atomic mass is 32.1. The zero-order valence-corrected chi connectivity index (χ0v) is 11.1. The molecular formula is C14H14O3S. The SMILES string of the molecule is CCOc1ccc(-c2sc(C(=O)O)cc2C)cc1. The van der Waals surface area contributed by atoms with Crippen LogP contribution in [-0.2, 0) is 0 Å². The van der Waals surface area contributed by atoms with Crippen LogP contribution in [0.1, 0.15) is 22.2 Å². The van der Waals surface area contributed by atoms with Gasteiger partial charge in [-0.1, -0.05) is 0 Å². The molecule has 0 fully saturated rings. The van der Waals surface area contributed by atoms with E-state index in [4.69, 9.17) is 9.84 Å². The normalized spacial score (nSPS) is 10.3. The second-order valence-electron chi connectivity index (χ2n) is 3.89. The van der Waals surface area contributed by atoms with E-state index in [0.717, 1.165) is 21.8 Å². The molecule has 1 heterocycles. The number of carboxylic acids is 1. The number of hydrogen-bond acceptors (Lipinski definition) is 3. The standard InChI is InChI=1S/C14H14O3S/c1-3-17-11-6-4-10(5-7-11)13-9(2)8-12(18-13)14(15)16/h4-8H,3H2,1-2H3,(H,15,16). The van der Waals surface area contributed by atoms with Crippen LogP contribution in [0.2, 0.25) is 0 Å². The molecule has 0 unspecified atom stereocenters. The quantitative estimate of drug-likeness (QED) is 0.911. The summed E-state index contributed by atoms with van der Waals surface area (Å²) in [5.74, 6) is -0.0470. The summed E-state index contributed by atoms with van der Waals surface area (Å²) in [6.45, 7) is 4.51. The van der Waals surface area contributed by atoms with Crippen LogP contribution in [0.3, 0.4) is 0 Å². The maximum absolute atomic E-state index is 10.9. The second-order valence-corrected chi connectivity index (χ2v) is 4.94. The van der Waals surface area contributed by atoms with Gasteiger partial charge < -0.3 is 9.84 Å². The maximum Gasteiger partial charge on any atom is 0.345 e. The van der Waals surface area contributed by atoms with E-state index in [2.05, 4.69) is 0 Å². The first-order chi connectivity index (χ1) is 8.61. The summed E-state index contributed by atoms with van der Waals surface area (Å²) < 4.78 is 5.38. The Labute approximate surface area is 110 Å². The van der Waals surface area contributed by atoms with Crippen LogP contribution in [0, 0.1) is 6.92 Å². The molecule has 0 aliphatic rings. The van der Waals surface area contributed by atoms with Gasteiger partial charge in [0, 0.05) is 4.88 Å². The molecule has 0 radical (unpaired) electrons. The number of rotatable bonds is 4. The number of aromatic carboxylic acids is 1. The van der Waals surface area contributed by atoms with Crippen molar-refractivity contribution in [1.82, 2.24) is 0 Å². The van der Waals surface area contributed by atoms with Crippen LogP contribution >= 0.6 is 11.3 Å². The lowest BCUT2D eigenvalue weighted by atomic mass is 10.1. The third-order valence-corrected chi connectivity index (χ3v) is 3.83. The van der Waals surface area contributed by atoms with Gasteiger partial charge >= 0.3 is 5.97 Å². The summed E-state index contributed by atoms with van der Waals surface area (Å²) >= 11 is 1.30. The van der Waals surface area contributed by atoms with Gasteiger partial charge in [-0.3, -0.25) is 0 Å². The first-order valence-corrected chi connectivity index (χ1v) is 6.50. The van der Waals surface area contributed by atoms with Crippen LogP contribution in [0.5, 0.6) is 5.75 Å². The van der Waals surface area contributed by atoms with Crippen molar-refractivity contribution in [3.8, 4) is 16.2 Å². The van der Waals surface area contributed by atoms with Crippen LogP contribution in [0.25, 0.3) is 10.4 Å². The first kappa shape index (κ1) is 12.6. The number of hydrogen-bond donors (Lipinski definition) is 1. The maximum atomic E-state index is 10.9. The summed E-state index contributed by atoms with van der Waals surface area (Å²) in [5, 5.41) is 8.97. The van der Waals surface area contributed by atoms with E-state index in [1.807, 2.05) is 38.1 Å². The average Bonchev–Trinajstić information content (AvgIpc) is 2.73. The fraction of sp³-hybridized carbons (Fsp3) is 0.214. The van der Waals surface area contributed by atoms with Gasteiger partial charge in [-0.2, -0.15) is 0 Å². The summed E-state index contributed by atoms with van der Waals surface area (Å²) in [5.41, 5.74) is 2.01. The average molecular weight is 262 g/mol. The molecule has 0 aliphatic heterocycles. The van der Waals surface area contributed by atoms with Crippen molar-refractivity contribution in [1.29, 1.82) is 0 Å². The Balaban J connectivity index is 2.33. The number of carboxylic acid groups (broad SMARTS) is 1. The van der Waals surface area contributed by atoms with E-state index in [1.165, 1.54) is 11.3 Å². The molecule has 0 saturated carbocycles. The summed E-state index contributed by atoms with van der Waals surface area (Å²) in [6.07, 6.45) is 0. The first-order valence-electron chi connectivity index (χ1n) is 5.68. The van der Waals surface area contributed by atoms with Crippen molar-refractivity contribution >= 4 is 17.3 Å². The molecule has 0 bridgehead atoms. The molecule has 94 valence electrons. The van der Waals surface area contributed by atoms with Gasteiger partial charge in [-0.25, -0.2) is 4.79 Å². The Morgan fingerprint density at radius 2 is 2.00 bits per heavy atom. The van der Waals surface area contributed by atoms with Crippen LogP contribution in [0.4, 0.5) is 0 Å². The van der Waals surface area contributed by atoms with Crippen LogP contribution in [-0.4, -0.2) is 17.7 Å². The number of ether oxygens (including phenoxy) is 1. The highest BCUT2D eigenvalue weighted by Crippen LogP contribution is 2.33. The topological polar surface area (TPSA) is 46.5 Å². The Morgan fingerprint density at radius 1 is 1.33 bits per heavy atom. The van der Waals surface area contributed by atoms with Crippen molar-refractivity contribution in [3.05, 3.63) is 40.8 Å². The summed E-state index contributed by atoms with van der Waals surface area (Å²) in [4.78, 5) is 12.3. The van der Waals surface area contributed by atoms with Crippen LogP contribution in [0.15, 0.2) is 30.3 Å². The predicted molar refractivity (Wildman–Crippen MR) is 72.6 cm³/mol. The molecule has 18 heavy (non-hydrogen) atoms. The van der Waals surface area contributed by atoms with E-state index in [-0.39, 0.29) is 0 Å². The fourth-order valence-corrected chi connectivity index (χ4v) is 2.76. The zero-order valence-electron chi connectivity index (χ0n) is 10.3. The number of thiophene rings is 1. The second kappa shape index (κ2) is 5.23. The van der Waals surface area contributed by atoms with Gasteiger partial charge in [0.15, 0.2) is 0 Å². The molecule has 3 nitrogen and oxygen atoms in total. The molecule has 0 aliphatic carbocycles. The van der Waals surface area contributed by atoms with Gasteiger partial charge in [-0.15, -0.1) is 11.3 Å². The lowest BCUT2D eigenvalue weighted by Crippen LogP contribution is -1.90. The van der Waals surface area contributed by atoms with Crippen molar-refractivity contribution < 1.29 is 14.6 Å². The Kier molecular flexibility index (Phi) is 3.67. The molecular weight excluding hydrogens is 248 g/mol. The minimum atomic E-state index is -0.875. The monoisotopic (exact) mass is 262 g/mol. The van der Waals surface area contributed by atoms with E-state index in [9.17, 15) is 4.79 Å². The van der Waals surface area contributed by atoms with Gasteiger partial charge in [-0.05, 0) is 55.3 Å². The summed E-state index contributed by atoms with van der Waals surface area (Å²) in [7, 11) is 0. The number of benzene rings is 1. The molecule has 2 rings (SSSR count). The molecule has 4 heteroatoms. The van der Waals surface area contributed by atoms with E-state index >= 15 is 0 Å². The largest absolute Gasteiger partial charge is 0.494 e. The molecule has 0 atom stereocenters. The van der Waals surface area contributed by atoms with Crippen molar-refractivity contribution in [2.45, 2.75) is 13.8 Å². The van der Waals surface area contributed by atoms with E-state index in [1.54, 1.807) is 6.07 Å². The third kappa shape index (κ3) is 2.54. The molecule has 0 spiro atoms. The van der Waals surface area contributed by atoms with Crippen molar-refractivity contribution in [3.63, 3.8) is 0 Å². The number of carbonyl (C=O) groups is 1. The molecule has 0 amide bonds. The van der Waals surface area contributed by atoms with E-state index in [0.29, 0.717) is 11.5 Å². The Bertz CT molecular complexity index is 555. The lowest BCUT2D eigenvalue weighted by molar-refractivity contribution is 0.0702. The van der Waals surface area contributed by atoms with Crippen LogP contribution < -0.4 is 4.74 Å². The molecule has 2 aromatic rings. The predicted octanol–water partition coefficient (Wildman–Crippen LogP) is 3.82. The van der Waals surface area contributed by atoms with Crippen molar-refractivity contribution in [2.24, 2.45) is 0 Å². The van der Waals surface area contributed by atoms with E-state index < -0.39 is 5.97 Å². The van der Waals surface area contributed by atoms with Gasteiger partial charge in [0.2, 0.25) is 0 Å². The van der Waals surface area contributed by atoms with Crippen molar-refractivity contribution in [2.75, 3.05) is 6.61 Å². The lowest BCUT2D eigenvalue weighted by Gasteiger charge is -2.04. The fourth-order valence-electron chi connectivity index (χ4n) is 1.74. The molecule has 1 aromatic carbocycles. The summed E-state index contributed by atoms with van der Waals surface area (Å²) in [6, 6.07) is 9.42. The molecule has 0 saturated heterocycles. The highest BCUT2D eigenvalue weighted by molar-refractivity contribution is 7.17. The van der Waals surface area contributed by atoms with Gasteiger partial charge in [0.25, 0.3) is 0 Å². The van der Waals surface area contributed by atoms with Gasteiger partial charge in [0.05, 0.1) is 6.61 Å². The molecule has 1 aromatic heterocycles. The Hall–Kier alpha value is -1.81.